The van der Waals surface area contributed by atoms with Gasteiger partial charge < -0.3 is 9.30 Å². The van der Waals surface area contributed by atoms with Gasteiger partial charge in [-0.15, -0.1) is 0 Å². The zero-order valence-electron chi connectivity index (χ0n) is 13.1. The number of benzene rings is 2. The Morgan fingerprint density at radius 2 is 1.58 bits per heavy atom. The highest BCUT2D eigenvalue weighted by molar-refractivity contribution is 5.92. The molecule has 4 heteroatoms. The van der Waals surface area contributed by atoms with E-state index in [1.807, 2.05) is 30.3 Å². The van der Waals surface area contributed by atoms with Gasteiger partial charge in [-0.3, -0.25) is 9.59 Å². The fourth-order valence-corrected chi connectivity index (χ4v) is 3.42. The van der Waals surface area contributed by atoms with Crippen LogP contribution in [0.15, 0.2) is 60.8 Å². The van der Waals surface area contributed by atoms with E-state index in [4.69, 9.17) is 0 Å². The summed E-state index contributed by atoms with van der Waals surface area (Å²) in [6.45, 7) is 0.756. The monoisotopic (exact) mass is 319 g/mol. The third-order valence-electron chi connectivity index (χ3n) is 4.51. The molecule has 24 heavy (non-hydrogen) atoms. The molecule has 0 unspecified atom stereocenters. The Balaban J connectivity index is 1.76. The Hall–Kier alpha value is -2.88. The number of aromatic nitrogens is 1. The molecule has 2 aromatic carbocycles. The van der Waals surface area contributed by atoms with Crippen LogP contribution < -0.4 is 0 Å². The van der Waals surface area contributed by atoms with Gasteiger partial charge in [-0.2, -0.15) is 0 Å². The summed E-state index contributed by atoms with van der Waals surface area (Å²) in [5.74, 6) is -0.979. The van der Waals surface area contributed by atoms with Gasteiger partial charge in [0.15, 0.2) is 0 Å². The van der Waals surface area contributed by atoms with Gasteiger partial charge in [-0.25, -0.2) is 0 Å². The highest BCUT2D eigenvalue weighted by Crippen LogP contribution is 2.34. The Morgan fingerprint density at radius 1 is 0.917 bits per heavy atom. The van der Waals surface area contributed by atoms with Crippen molar-refractivity contribution in [2.45, 2.75) is 25.3 Å². The smallest absolute Gasteiger partial charge is 0.314 e. The predicted molar refractivity (Wildman–Crippen MR) is 90.6 cm³/mol. The number of nitrogens with zero attached hydrogens (tertiary/aromatic N) is 1. The predicted octanol–water partition coefficient (Wildman–Crippen LogP) is 3.64. The largest absolute Gasteiger partial charge is 0.393 e. The molecule has 0 bridgehead atoms. The minimum Gasteiger partial charge on any atom is -0.393 e. The van der Waals surface area contributed by atoms with E-state index in [1.54, 1.807) is 0 Å². The Morgan fingerprint density at radius 3 is 2.33 bits per heavy atom. The van der Waals surface area contributed by atoms with Crippen LogP contribution >= 0.6 is 0 Å². The van der Waals surface area contributed by atoms with Gasteiger partial charge in [0, 0.05) is 29.6 Å². The maximum absolute atomic E-state index is 11.6. The lowest BCUT2D eigenvalue weighted by molar-refractivity contribution is -0.163. The average molecular weight is 319 g/mol. The third-order valence-corrected chi connectivity index (χ3v) is 4.51. The molecule has 0 amide bonds. The number of hydrogen-bond acceptors (Lipinski definition) is 3. The number of carbonyl (C=O) groups excluding carboxylic acids is 2. The maximum Gasteiger partial charge on any atom is 0.314 e. The first-order chi connectivity index (χ1) is 11.7. The minimum absolute atomic E-state index is 0.110. The lowest BCUT2D eigenvalue weighted by Gasteiger charge is -2.19. The molecule has 0 spiro atoms. The molecule has 4 rings (SSSR count). The summed E-state index contributed by atoms with van der Waals surface area (Å²) in [5.41, 5.74) is 3.37. The van der Waals surface area contributed by atoms with Crippen molar-refractivity contribution in [2.24, 2.45) is 0 Å². The standard InChI is InChI=1S/C20H17NO3/c22-19-10-15(11-20(23)24-19)17-13-21(12-14-6-2-1-3-7-14)18-9-5-4-8-16(17)18/h1-9,13,15H,10-12H2. The van der Waals surface area contributed by atoms with Crippen molar-refractivity contribution in [3.05, 3.63) is 71.9 Å². The van der Waals surface area contributed by atoms with E-state index in [-0.39, 0.29) is 18.8 Å². The number of ether oxygens (including phenoxy) is 1. The topological polar surface area (TPSA) is 48.3 Å². The molecule has 4 nitrogen and oxygen atoms in total. The maximum atomic E-state index is 11.6. The van der Waals surface area contributed by atoms with Crippen molar-refractivity contribution in [3.8, 4) is 0 Å². The van der Waals surface area contributed by atoms with Crippen LogP contribution in [0.4, 0.5) is 0 Å². The van der Waals surface area contributed by atoms with Crippen LogP contribution in [-0.2, 0) is 20.9 Å². The molecule has 3 aromatic rings. The van der Waals surface area contributed by atoms with E-state index < -0.39 is 11.9 Å². The van der Waals surface area contributed by atoms with Crippen molar-refractivity contribution < 1.29 is 14.3 Å². The summed E-state index contributed by atoms with van der Waals surface area (Å²) in [4.78, 5) is 23.3. The molecule has 0 aliphatic carbocycles. The second kappa shape index (κ2) is 5.96. The summed E-state index contributed by atoms with van der Waals surface area (Å²) in [6.07, 6.45) is 2.59. The van der Waals surface area contributed by atoms with Gasteiger partial charge in [0.1, 0.15) is 0 Å². The number of rotatable bonds is 3. The SMILES string of the molecule is O=C1CC(c2cn(Cc3ccccc3)c3ccccc23)CC(=O)O1. The lowest BCUT2D eigenvalue weighted by atomic mass is 9.91. The van der Waals surface area contributed by atoms with E-state index in [9.17, 15) is 9.59 Å². The molecule has 2 heterocycles. The van der Waals surface area contributed by atoms with E-state index >= 15 is 0 Å². The number of para-hydroxylation sites is 1. The molecular weight excluding hydrogens is 302 g/mol. The molecule has 1 saturated heterocycles. The van der Waals surface area contributed by atoms with Crippen molar-refractivity contribution in [2.75, 3.05) is 0 Å². The van der Waals surface area contributed by atoms with Gasteiger partial charge in [0.05, 0.1) is 12.8 Å². The van der Waals surface area contributed by atoms with E-state index in [0.29, 0.717) is 0 Å². The molecule has 0 atom stereocenters. The highest BCUT2D eigenvalue weighted by Gasteiger charge is 2.30. The van der Waals surface area contributed by atoms with Crippen LogP contribution in [0.25, 0.3) is 10.9 Å². The first-order valence-electron chi connectivity index (χ1n) is 8.06. The second-order valence-corrected chi connectivity index (χ2v) is 6.17. The molecular formula is C20H17NO3. The Kier molecular flexibility index (Phi) is 3.65. The summed E-state index contributed by atoms with van der Waals surface area (Å²) < 4.78 is 6.85. The summed E-state index contributed by atoms with van der Waals surface area (Å²) in [6, 6.07) is 18.4. The van der Waals surface area contributed by atoms with Crippen molar-refractivity contribution in [1.29, 1.82) is 0 Å². The number of fused-ring (bicyclic) bond motifs is 1. The third kappa shape index (κ3) is 2.71. The van der Waals surface area contributed by atoms with Gasteiger partial charge >= 0.3 is 11.9 Å². The van der Waals surface area contributed by atoms with Crippen molar-refractivity contribution >= 4 is 22.8 Å². The van der Waals surface area contributed by atoms with Crippen molar-refractivity contribution in [3.63, 3.8) is 0 Å². The molecule has 1 aliphatic rings. The fourth-order valence-electron chi connectivity index (χ4n) is 3.42. The Labute approximate surface area is 139 Å². The molecule has 1 fully saturated rings. The van der Waals surface area contributed by atoms with Gasteiger partial charge in [0.25, 0.3) is 0 Å². The molecule has 0 N–H and O–H groups in total. The van der Waals surface area contributed by atoms with E-state index in [2.05, 4.69) is 39.8 Å². The zero-order chi connectivity index (χ0) is 16.5. The van der Waals surface area contributed by atoms with Crippen LogP contribution in [0.1, 0.15) is 29.9 Å². The van der Waals surface area contributed by atoms with E-state index in [1.165, 1.54) is 5.56 Å². The van der Waals surface area contributed by atoms with Crippen LogP contribution in [0.2, 0.25) is 0 Å². The number of carbonyl (C=O) groups is 2. The summed E-state index contributed by atoms with van der Waals surface area (Å²) >= 11 is 0. The van der Waals surface area contributed by atoms with Crippen LogP contribution in [0.5, 0.6) is 0 Å². The highest BCUT2D eigenvalue weighted by atomic mass is 16.6. The molecule has 120 valence electrons. The zero-order valence-corrected chi connectivity index (χ0v) is 13.1. The van der Waals surface area contributed by atoms with Crippen LogP contribution in [0, 0.1) is 0 Å². The van der Waals surface area contributed by atoms with E-state index in [0.717, 1.165) is 23.0 Å². The van der Waals surface area contributed by atoms with Crippen molar-refractivity contribution in [1.82, 2.24) is 4.57 Å². The molecule has 1 aromatic heterocycles. The minimum atomic E-state index is -0.434. The first-order valence-corrected chi connectivity index (χ1v) is 8.06. The number of cyclic esters (lactones) is 2. The molecule has 1 aliphatic heterocycles. The normalized spacial score (nSPS) is 15.7. The van der Waals surface area contributed by atoms with Crippen LogP contribution in [0.3, 0.4) is 0 Å². The second-order valence-electron chi connectivity index (χ2n) is 6.17. The lowest BCUT2D eigenvalue weighted by Crippen LogP contribution is -2.24. The summed E-state index contributed by atoms with van der Waals surface area (Å²) in [5, 5.41) is 1.10. The first kappa shape index (κ1) is 14.7. The number of esters is 2. The quantitative estimate of drug-likeness (QED) is 0.547. The van der Waals surface area contributed by atoms with Gasteiger partial charge in [-0.1, -0.05) is 48.5 Å². The van der Waals surface area contributed by atoms with Gasteiger partial charge in [-0.05, 0) is 17.2 Å². The fraction of sp³-hybridized carbons (Fsp3) is 0.200. The van der Waals surface area contributed by atoms with Crippen LogP contribution in [-0.4, -0.2) is 16.5 Å². The Bertz CT molecular complexity index is 895. The number of hydrogen-bond donors (Lipinski definition) is 0. The summed E-state index contributed by atoms with van der Waals surface area (Å²) in [7, 11) is 0. The van der Waals surface area contributed by atoms with Gasteiger partial charge in [0.2, 0.25) is 0 Å². The molecule has 0 saturated carbocycles. The molecule has 0 radical (unpaired) electrons. The average Bonchev–Trinajstić information content (AvgIpc) is 2.94.